The summed E-state index contributed by atoms with van der Waals surface area (Å²) in [7, 11) is 1.38. The van der Waals surface area contributed by atoms with Gasteiger partial charge in [-0.3, -0.25) is 9.78 Å². The fourth-order valence-corrected chi connectivity index (χ4v) is 5.11. The van der Waals surface area contributed by atoms with E-state index in [2.05, 4.69) is 15.3 Å². The number of amides is 1. The normalized spacial score (nSPS) is 24.7. The maximum absolute atomic E-state index is 13.4. The van der Waals surface area contributed by atoms with Gasteiger partial charge in [-0.2, -0.15) is 13.2 Å². The number of halogens is 3. The van der Waals surface area contributed by atoms with Crippen LogP contribution in [0.3, 0.4) is 0 Å². The molecule has 3 atom stereocenters. The first-order valence-electron chi connectivity index (χ1n) is 12.1. The quantitative estimate of drug-likeness (QED) is 0.633. The minimum absolute atomic E-state index is 0.0271. The Morgan fingerprint density at radius 1 is 1.29 bits per heavy atom. The second-order valence-electron chi connectivity index (χ2n) is 9.46. The first kappa shape index (κ1) is 24.0. The van der Waals surface area contributed by atoms with Gasteiger partial charge in [0.2, 0.25) is 5.88 Å². The summed E-state index contributed by atoms with van der Waals surface area (Å²) in [5.41, 5.74) is 1.61. The van der Waals surface area contributed by atoms with E-state index in [4.69, 9.17) is 9.47 Å². The molecule has 2 unspecified atom stereocenters. The Kier molecular flexibility index (Phi) is 6.67. The third kappa shape index (κ3) is 5.13. The molecule has 2 saturated heterocycles. The predicted molar refractivity (Wildman–Crippen MR) is 121 cm³/mol. The summed E-state index contributed by atoms with van der Waals surface area (Å²) in [6, 6.07) is 4.73. The van der Waals surface area contributed by atoms with Crippen molar-refractivity contribution in [3.8, 4) is 5.88 Å². The van der Waals surface area contributed by atoms with Crippen molar-refractivity contribution < 1.29 is 27.4 Å². The average Bonchev–Trinajstić information content (AvgIpc) is 3.38. The van der Waals surface area contributed by atoms with Crippen LogP contribution in [0.25, 0.3) is 0 Å². The highest BCUT2D eigenvalue weighted by Gasteiger charge is 2.42. The van der Waals surface area contributed by atoms with Crippen LogP contribution < -0.4 is 10.1 Å². The van der Waals surface area contributed by atoms with E-state index >= 15 is 0 Å². The Labute approximate surface area is 202 Å². The molecule has 0 aromatic carbocycles. The van der Waals surface area contributed by atoms with Gasteiger partial charge in [0, 0.05) is 55.3 Å². The summed E-state index contributed by atoms with van der Waals surface area (Å²) >= 11 is 0. The Balaban J connectivity index is 1.37. The zero-order valence-electron chi connectivity index (χ0n) is 19.6. The van der Waals surface area contributed by atoms with Gasteiger partial charge in [0.1, 0.15) is 6.10 Å². The number of alkyl halides is 3. The maximum atomic E-state index is 13.4. The molecule has 2 aromatic heterocycles. The van der Waals surface area contributed by atoms with Gasteiger partial charge in [-0.25, -0.2) is 4.98 Å². The van der Waals surface area contributed by atoms with Crippen molar-refractivity contribution in [1.82, 2.24) is 20.2 Å². The van der Waals surface area contributed by atoms with Gasteiger partial charge >= 0.3 is 6.18 Å². The standard InChI is InChI=1S/C25H29F3N4O3/c1-34-23-16(10-17(13-31-23)25(26,27)28)12-30-18-11-20(19-4-2-8-29-22(19)15-6-7-15)32(14-18)24(33)21-5-3-9-35-21/h2,4,8,10,13,15,18,20-21,30H,3,5-7,9,11-12,14H2,1H3/t18?,20?,21-/m0/s1. The highest BCUT2D eigenvalue weighted by molar-refractivity contribution is 5.82. The van der Waals surface area contributed by atoms with E-state index in [-0.39, 0.29) is 30.4 Å². The van der Waals surface area contributed by atoms with Gasteiger partial charge < -0.3 is 19.7 Å². The fourth-order valence-electron chi connectivity index (χ4n) is 5.11. The van der Waals surface area contributed by atoms with Crippen molar-refractivity contribution in [3.05, 3.63) is 53.0 Å². The van der Waals surface area contributed by atoms with Gasteiger partial charge in [-0.1, -0.05) is 6.07 Å². The lowest BCUT2D eigenvalue weighted by Crippen LogP contribution is -2.41. The molecule has 0 spiro atoms. The van der Waals surface area contributed by atoms with E-state index < -0.39 is 17.8 Å². The molecule has 4 heterocycles. The minimum atomic E-state index is -4.49. The number of carbonyl (C=O) groups excluding carboxylic acids is 1. The first-order valence-corrected chi connectivity index (χ1v) is 12.1. The Hall–Kier alpha value is -2.72. The van der Waals surface area contributed by atoms with Crippen LogP contribution in [0.4, 0.5) is 13.2 Å². The number of methoxy groups -OCH3 is 1. The molecule has 3 fully saturated rings. The number of ether oxygens (including phenoxy) is 2. The molecule has 188 valence electrons. The molecule has 1 amide bonds. The molecule has 1 N–H and O–H groups in total. The summed E-state index contributed by atoms with van der Waals surface area (Å²) in [6.07, 6.45) is 2.04. The SMILES string of the molecule is COc1ncc(C(F)(F)F)cc1CNC1CC(c2cccnc2C2CC2)N(C(=O)[C@@H]2CCCO2)C1. The Bertz CT molecular complexity index is 1070. The molecule has 1 saturated carbocycles. The van der Waals surface area contributed by atoms with E-state index in [0.717, 1.165) is 42.8 Å². The number of likely N-dealkylation sites (tertiary alicyclic amines) is 1. The number of hydrogen-bond acceptors (Lipinski definition) is 6. The van der Waals surface area contributed by atoms with Crippen molar-refractivity contribution in [2.75, 3.05) is 20.3 Å². The summed E-state index contributed by atoms with van der Waals surface area (Å²) in [6.45, 7) is 1.16. The van der Waals surface area contributed by atoms with Crippen LogP contribution in [0, 0.1) is 0 Å². The monoisotopic (exact) mass is 490 g/mol. The van der Waals surface area contributed by atoms with Crippen molar-refractivity contribution in [1.29, 1.82) is 0 Å². The molecule has 0 radical (unpaired) electrons. The van der Waals surface area contributed by atoms with E-state index in [0.29, 0.717) is 37.5 Å². The van der Waals surface area contributed by atoms with E-state index in [1.807, 2.05) is 17.0 Å². The highest BCUT2D eigenvalue weighted by Crippen LogP contribution is 2.45. The minimum Gasteiger partial charge on any atom is -0.481 e. The first-order chi connectivity index (χ1) is 16.8. The van der Waals surface area contributed by atoms with Gasteiger partial charge in [0.25, 0.3) is 5.91 Å². The van der Waals surface area contributed by atoms with Gasteiger partial charge in [-0.05, 0) is 49.8 Å². The lowest BCUT2D eigenvalue weighted by atomic mass is 9.98. The average molecular weight is 491 g/mol. The number of nitrogens with one attached hydrogen (secondary N) is 1. The van der Waals surface area contributed by atoms with Crippen molar-refractivity contribution in [2.24, 2.45) is 0 Å². The second kappa shape index (κ2) is 9.73. The van der Waals surface area contributed by atoms with Crippen LogP contribution >= 0.6 is 0 Å². The summed E-state index contributed by atoms with van der Waals surface area (Å²) in [5, 5.41) is 3.35. The highest BCUT2D eigenvalue weighted by atomic mass is 19.4. The van der Waals surface area contributed by atoms with Crippen LogP contribution in [0.5, 0.6) is 5.88 Å². The number of hydrogen-bond donors (Lipinski definition) is 1. The van der Waals surface area contributed by atoms with Crippen molar-refractivity contribution >= 4 is 5.91 Å². The van der Waals surface area contributed by atoms with E-state index in [1.165, 1.54) is 7.11 Å². The summed E-state index contributed by atoms with van der Waals surface area (Å²) in [4.78, 5) is 23.7. The molecule has 2 aromatic rings. The van der Waals surface area contributed by atoms with Crippen LogP contribution in [0.2, 0.25) is 0 Å². The lowest BCUT2D eigenvalue weighted by molar-refractivity contribution is -0.142. The summed E-state index contributed by atoms with van der Waals surface area (Å²) in [5.74, 6) is 0.551. The lowest BCUT2D eigenvalue weighted by Gasteiger charge is -2.28. The van der Waals surface area contributed by atoms with Crippen LogP contribution in [-0.2, 0) is 22.3 Å². The number of aromatic nitrogens is 2. The molecule has 0 bridgehead atoms. The molecule has 10 heteroatoms. The summed E-state index contributed by atoms with van der Waals surface area (Å²) < 4.78 is 50.5. The molecule has 3 aliphatic rings. The molecular weight excluding hydrogens is 461 g/mol. The van der Waals surface area contributed by atoms with Gasteiger partial charge in [-0.15, -0.1) is 0 Å². The topological polar surface area (TPSA) is 76.6 Å². The van der Waals surface area contributed by atoms with Crippen molar-refractivity contribution in [3.63, 3.8) is 0 Å². The molecule has 5 rings (SSSR count). The number of carbonyl (C=O) groups is 1. The molecular formula is C25H29F3N4O3. The smallest absolute Gasteiger partial charge is 0.417 e. The third-order valence-electron chi connectivity index (χ3n) is 7.01. The van der Waals surface area contributed by atoms with Crippen LogP contribution in [0.1, 0.15) is 66.4 Å². The maximum Gasteiger partial charge on any atom is 0.417 e. The largest absolute Gasteiger partial charge is 0.481 e. The Morgan fingerprint density at radius 2 is 2.11 bits per heavy atom. The molecule has 35 heavy (non-hydrogen) atoms. The van der Waals surface area contributed by atoms with Gasteiger partial charge in [0.05, 0.1) is 18.7 Å². The predicted octanol–water partition coefficient (Wildman–Crippen LogP) is 3.99. The zero-order chi connectivity index (χ0) is 24.6. The number of nitrogens with zero attached hydrogens (tertiary/aromatic N) is 3. The van der Waals surface area contributed by atoms with Gasteiger partial charge in [0.15, 0.2) is 0 Å². The third-order valence-corrected chi connectivity index (χ3v) is 7.01. The van der Waals surface area contributed by atoms with Crippen molar-refractivity contribution in [2.45, 2.75) is 68.9 Å². The number of pyridine rings is 2. The molecule has 2 aliphatic heterocycles. The zero-order valence-corrected chi connectivity index (χ0v) is 19.6. The fraction of sp³-hybridized carbons (Fsp3) is 0.560. The number of rotatable bonds is 7. The van der Waals surface area contributed by atoms with E-state index in [9.17, 15) is 18.0 Å². The molecule has 1 aliphatic carbocycles. The van der Waals surface area contributed by atoms with Crippen LogP contribution in [-0.4, -0.2) is 53.2 Å². The molecule has 7 nitrogen and oxygen atoms in total. The van der Waals surface area contributed by atoms with Crippen LogP contribution in [0.15, 0.2) is 30.6 Å². The van der Waals surface area contributed by atoms with E-state index in [1.54, 1.807) is 6.20 Å². The second-order valence-corrected chi connectivity index (χ2v) is 9.46. The Morgan fingerprint density at radius 3 is 2.80 bits per heavy atom.